The van der Waals surface area contributed by atoms with E-state index in [2.05, 4.69) is 33.7 Å². The molecule has 2 aromatic carbocycles. The average molecular weight is 457 g/mol. The topological polar surface area (TPSA) is 81.4 Å². The van der Waals surface area contributed by atoms with Crippen LogP contribution in [0.2, 0.25) is 0 Å². The highest BCUT2D eigenvalue weighted by atomic mass is 32.1. The van der Waals surface area contributed by atoms with Gasteiger partial charge in [0.1, 0.15) is 21.6 Å². The molecule has 4 aromatic rings. The number of hydrogen-bond donors (Lipinski definition) is 2. The summed E-state index contributed by atoms with van der Waals surface area (Å²) in [7, 11) is 1.49. The van der Waals surface area contributed by atoms with Crippen molar-refractivity contribution < 1.29 is 19.0 Å². The van der Waals surface area contributed by atoms with E-state index in [4.69, 9.17) is 9.47 Å². The monoisotopic (exact) mass is 456 g/mol. The van der Waals surface area contributed by atoms with Gasteiger partial charge in [-0.3, -0.25) is 0 Å². The molecule has 7 nitrogen and oxygen atoms in total. The normalized spacial score (nSPS) is 12.5. The van der Waals surface area contributed by atoms with Crippen LogP contribution in [0.5, 0.6) is 5.75 Å². The average Bonchev–Trinajstić information content (AvgIpc) is 3.35. The first kappa shape index (κ1) is 22.2. The van der Waals surface area contributed by atoms with Gasteiger partial charge in [0.15, 0.2) is 0 Å². The number of nitrogens with one attached hydrogen (secondary N) is 1. The van der Waals surface area contributed by atoms with Crippen LogP contribution in [0.3, 0.4) is 0 Å². The summed E-state index contributed by atoms with van der Waals surface area (Å²) in [6, 6.07) is 10.6. The number of aliphatic hydroxyl groups is 1. The quantitative estimate of drug-likeness (QED) is 0.359. The van der Waals surface area contributed by atoms with Crippen molar-refractivity contribution in [3.8, 4) is 16.3 Å². The number of methoxy groups -OCH3 is 1. The minimum atomic E-state index is -1.22. The van der Waals surface area contributed by atoms with Crippen molar-refractivity contribution in [3.05, 3.63) is 59.8 Å². The van der Waals surface area contributed by atoms with Crippen molar-refractivity contribution in [2.75, 3.05) is 12.4 Å². The molecule has 0 bridgehead atoms. The predicted molar refractivity (Wildman–Crippen MR) is 123 cm³/mol. The number of aromatic nitrogens is 3. The second-order valence-electron chi connectivity index (χ2n) is 7.65. The molecule has 0 unspecified atom stereocenters. The molecule has 2 heterocycles. The highest BCUT2D eigenvalue weighted by Crippen LogP contribution is 2.37. The second kappa shape index (κ2) is 9.23. The number of halogens is 1. The van der Waals surface area contributed by atoms with Gasteiger partial charge in [0, 0.05) is 12.1 Å². The molecule has 0 amide bonds. The molecule has 0 fully saturated rings. The van der Waals surface area contributed by atoms with Crippen LogP contribution in [0.25, 0.3) is 21.6 Å². The Balaban J connectivity index is 1.43. The van der Waals surface area contributed by atoms with Gasteiger partial charge >= 0.3 is 0 Å². The Kier molecular flexibility index (Phi) is 6.40. The number of hydrogen-bond acceptors (Lipinski definition) is 7. The standard InChI is InChI=1S/C23H25FN4O3S/c1-13(2)28-12-25-18-9-15(5-8-19(18)28)11-31-23(29)27-21-14(3)26-22(32-21)17-7-6-16(24)10-20(17)30-4/h5-10,12-13,23,27,29H,11H2,1-4H3/t23-/m1/s1. The fraction of sp³-hybridized carbons (Fsp3) is 0.304. The van der Waals surface area contributed by atoms with Crippen LogP contribution in [0.15, 0.2) is 42.7 Å². The SMILES string of the molecule is COc1cc(F)ccc1-c1nc(C)c(N[C@H](O)OCc2ccc3c(c2)ncn3C(C)C)s1. The molecule has 168 valence electrons. The first-order valence-corrected chi connectivity index (χ1v) is 11.0. The summed E-state index contributed by atoms with van der Waals surface area (Å²) < 4.78 is 26.4. The first-order valence-electron chi connectivity index (χ1n) is 10.2. The van der Waals surface area contributed by atoms with Gasteiger partial charge < -0.3 is 24.5 Å². The van der Waals surface area contributed by atoms with Crippen LogP contribution < -0.4 is 10.1 Å². The van der Waals surface area contributed by atoms with Gasteiger partial charge in [-0.15, -0.1) is 0 Å². The Hall–Kier alpha value is -3.01. The van der Waals surface area contributed by atoms with E-state index in [1.54, 1.807) is 6.07 Å². The lowest BCUT2D eigenvalue weighted by molar-refractivity contribution is -0.0869. The Bertz CT molecular complexity index is 1240. The number of imidazole rings is 1. The molecule has 0 aliphatic heterocycles. The molecule has 0 aliphatic rings. The molecule has 9 heteroatoms. The van der Waals surface area contributed by atoms with Gasteiger partial charge in [-0.25, -0.2) is 14.4 Å². The molecule has 1 atom stereocenters. The molecular formula is C23H25FN4O3S. The highest BCUT2D eigenvalue weighted by molar-refractivity contribution is 7.19. The maximum absolute atomic E-state index is 13.5. The minimum Gasteiger partial charge on any atom is -0.496 e. The van der Waals surface area contributed by atoms with Crippen molar-refractivity contribution in [2.24, 2.45) is 0 Å². The minimum absolute atomic E-state index is 0.217. The summed E-state index contributed by atoms with van der Waals surface area (Å²) in [6.45, 7) is 6.26. The molecule has 32 heavy (non-hydrogen) atoms. The molecule has 2 N–H and O–H groups in total. The van der Waals surface area contributed by atoms with Crippen LogP contribution in [-0.4, -0.2) is 33.2 Å². The fourth-order valence-corrected chi connectivity index (χ4v) is 4.40. The third-order valence-electron chi connectivity index (χ3n) is 5.05. The molecule has 0 saturated heterocycles. The van der Waals surface area contributed by atoms with E-state index in [1.165, 1.54) is 30.6 Å². The molecule has 0 radical (unpaired) electrons. The van der Waals surface area contributed by atoms with E-state index in [0.717, 1.165) is 16.6 Å². The van der Waals surface area contributed by atoms with Crippen LogP contribution in [-0.2, 0) is 11.3 Å². The molecular weight excluding hydrogens is 431 g/mol. The summed E-state index contributed by atoms with van der Waals surface area (Å²) in [6.07, 6.45) is 0.609. The molecule has 0 spiro atoms. The largest absolute Gasteiger partial charge is 0.496 e. The Morgan fingerprint density at radius 1 is 1.22 bits per heavy atom. The van der Waals surface area contributed by atoms with Gasteiger partial charge in [-0.05, 0) is 50.6 Å². The number of fused-ring (bicyclic) bond motifs is 1. The summed E-state index contributed by atoms with van der Waals surface area (Å²) in [5, 5.41) is 14.6. The van der Waals surface area contributed by atoms with E-state index in [9.17, 15) is 9.50 Å². The van der Waals surface area contributed by atoms with E-state index in [-0.39, 0.29) is 12.4 Å². The number of benzene rings is 2. The van der Waals surface area contributed by atoms with Gasteiger partial charge in [0.05, 0.1) is 42.3 Å². The smallest absolute Gasteiger partial charge is 0.236 e. The number of thiazole rings is 1. The van der Waals surface area contributed by atoms with Crippen LogP contribution in [0.1, 0.15) is 31.1 Å². The molecule has 0 saturated carbocycles. The fourth-order valence-electron chi connectivity index (χ4n) is 3.39. The third-order valence-corrected chi connectivity index (χ3v) is 6.17. The van der Waals surface area contributed by atoms with Gasteiger partial charge in [0.2, 0.25) is 6.41 Å². The predicted octanol–water partition coefficient (Wildman–Crippen LogP) is 5.10. The van der Waals surface area contributed by atoms with Crippen molar-refractivity contribution in [2.45, 2.75) is 39.8 Å². The maximum atomic E-state index is 13.5. The number of nitrogens with zero attached hydrogens (tertiary/aromatic N) is 3. The van der Waals surface area contributed by atoms with Crippen LogP contribution >= 0.6 is 11.3 Å². The Morgan fingerprint density at radius 3 is 2.78 bits per heavy atom. The van der Waals surface area contributed by atoms with E-state index in [1.807, 2.05) is 31.5 Å². The zero-order valence-corrected chi connectivity index (χ0v) is 19.1. The molecule has 2 aromatic heterocycles. The number of ether oxygens (including phenoxy) is 2. The van der Waals surface area contributed by atoms with E-state index < -0.39 is 6.41 Å². The zero-order chi connectivity index (χ0) is 22.8. The van der Waals surface area contributed by atoms with Crippen molar-refractivity contribution >= 4 is 27.4 Å². The summed E-state index contributed by atoms with van der Waals surface area (Å²) in [4.78, 5) is 8.96. The molecule has 4 rings (SSSR count). The van der Waals surface area contributed by atoms with Gasteiger partial charge in [0.25, 0.3) is 0 Å². The first-order chi connectivity index (χ1) is 15.4. The van der Waals surface area contributed by atoms with Crippen molar-refractivity contribution in [3.63, 3.8) is 0 Å². The number of rotatable bonds is 8. The second-order valence-corrected chi connectivity index (χ2v) is 8.65. The molecule has 0 aliphatic carbocycles. The summed E-state index contributed by atoms with van der Waals surface area (Å²) >= 11 is 1.33. The number of aryl methyl sites for hydroxylation is 1. The lowest BCUT2D eigenvalue weighted by Gasteiger charge is -2.14. The Labute approximate surface area is 189 Å². The zero-order valence-electron chi connectivity index (χ0n) is 18.3. The highest BCUT2D eigenvalue weighted by Gasteiger charge is 2.16. The number of aliphatic hydroxyl groups excluding tert-OH is 1. The van der Waals surface area contributed by atoms with Gasteiger partial charge in [-0.2, -0.15) is 0 Å². The van der Waals surface area contributed by atoms with E-state index in [0.29, 0.717) is 33.1 Å². The lowest BCUT2D eigenvalue weighted by Crippen LogP contribution is -2.22. The number of anilines is 1. The Morgan fingerprint density at radius 2 is 2.03 bits per heavy atom. The lowest BCUT2D eigenvalue weighted by atomic mass is 10.2. The summed E-state index contributed by atoms with van der Waals surface area (Å²) in [5.74, 6) is 0.0209. The third kappa shape index (κ3) is 4.59. The van der Waals surface area contributed by atoms with Gasteiger partial charge in [-0.1, -0.05) is 17.4 Å². The van der Waals surface area contributed by atoms with Crippen molar-refractivity contribution in [1.82, 2.24) is 14.5 Å². The maximum Gasteiger partial charge on any atom is 0.236 e. The van der Waals surface area contributed by atoms with Crippen LogP contribution in [0, 0.1) is 12.7 Å². The summed E-state index contributed by atoms with van der Waals surface area (Å²) in [5.41, 5.74) is 4.23. The van der Waals surface area contributed by atoms with Crippen molar-refractivity contribution in [1.29, 1.82) is 0 Å². The van der Waals surface area contributed by atoms with E-state index >= 15 is 0 Å². The van der Waals surface area contributed by atoms with Crippen LogP contribution in [0.4, 0.5) is 9.39 Å².